The number of aromatic nitrogens is 2. The highest BCUT2D eigenvalue weighted by Gasteiger charge is 2.45. The van der Waals surface area contributed by atoms with E-state index in [1.165, 1.54) is 0 Å². The van der Waals surface area contributed by atoms with Crippen molar-refractivity contribution in [3.63, 3.8) is 0 Å². The zero-order valence-electron chi connectivity index (χ0n) is 41.1. The van der Waals surface area contributed by atoms with Crippen LogP contribution < -0.4 is 9.47 Å². The van der Waals surface area contributed by atoms with E-state index in [0.29, 0.717) is 26.2 Å². The molecule has 9 rings (SSSR count). The Morgan fingerprint density at radius 2 is 1.03 bits per heavy atom. The number of ketones is 1. The third-order valence-electron chi connectivity index (χ3n) is 12.0. The van der Waals surface area contributed by atoms with E-state index in [1.807, 2.05) is 97.6 Å². The molecule has 2 atom stereocenters. The Morgan fingerprint density at radius 3 is 1.44 bits per heavy atom. The minimum Gasteiger partial charge on any atom is -0.497 e. The van der Waals surface area contributed by atoms with Gasteiger partial charge in [-0.15, -0.1) is 0 Å². The van der Waals surface area contributed by atoms with Crippen LogP contribution in [0.2, 0.25) is 0 Å². The molecule has 6 aromatic carbocycles. The molecule has 10 heteroatoms. The van der Waals surface area contributed by atoms with Crippen molar-refractivity contribution >= 4 is 18.5 Å². The Morgan fingerprint density at radius 1 is 0.625 bits per heavy atom. The SMILES string of the molecule is COc1ccc(C(c2ccccc2)(c2ccccc2)N2C=NCC(C(C)=O)C2)cc1.[2H]C([2H])([2H])C([2H])([2H])c1noc(C2CN=CN(C(c3ccccc3)(c3ccccc3)c3ccc(OC)cc3)C2)n1. The second kappa shape index (κ2) is 19.8. The van der Waals surface area contributed by atoms with Gasteiger partial charge in [-0.3, -0.25) is 14.8 Å². The molecule has 2 aliphatic rings. The fourth-order valence-corrected chi connectivity index (χ4v) is 8.92. The van der Waals surface area contributed by atoms with Crippen molar-refractivity contribution in [1.29, 1.82) is 0 Å². The van der Waals surface area contributed by atoms with Gasteiger partial charge >= 0.3 is 0 Å². The second-order valence-corrected chi connectivity index (χ2v) is 15.7. The third-order valence-corrected chi connectivity index (χ3v) is 12.0. The number of benzene rings is 6. The predicted octanol–water partition coefficient (Wildman–Crippen LogP) is 9.60. The van der Waals surface area contributed by atoms with Crippen LogP contribution in [0.5, 0.6) is 11.5 Å². The zero-order valence-corrected chi connectivity index (χ0v) is 36.1. The van der Waals surface area contributed by atoms with E-state index in [4.69, 9.17) is 20.9 Å². The van der Waals surface area contributed by atoms with Gasteiger partial charge in [-0.2, -0.15) is 4.98 Å². The van der Waals surface area contributed by atoms with Crippen molar-refractivity contribution in [1.82, 2.24) is 19.9 Å². The van der Waals surface area contributed by atoms with Crippen LogP contribution in [0.4, 0.5) is 0 Å². The first-order chi connectivity index (χ1) is 33.3. The molecule has 0 bridgehead atoms. The van der Waals surface area contributed by atoms with E-state index in [2.05, 4.69) is 115 Å². The van der Waals surface area contributed by atoms with Gasteiger partial charge in [0.2, 0.25) is 5.89 Å². The Balaban J connectivity index is 0.000000192. The van der Waals surface area contributed by atoms with Crippen LogP contribution in [0.25, 0.3) is 0 Å². The average molecular weight is 856 g/mol. The molecular weight excluding hydrogens is 797 g/mol. The number of carbonyl (C=O) groups excluding carboxylic acids is 1. The maximum atomic E-state index is 12.2. The summed E-state index contributed by atoms with van der Waals surface area (Å²) in [6, 6.07) is 57.2. The highest BCUT2D eigenvalue weighted by atomic mass is 16.5. The monoisotopic (exact) mass is 855 g/mol. The van der Waals surface area contributed by atoms with Gasteiger partial charge in [0.25, 0.3) is 0 Å². The maximum Gasteiger partial charge on any atom is 0.233 e. The molecule has 2 aliphatic heterocycles. The zero-order chi connectivity index (χ0) is 48.7. The topological polar surface area (TPSA) is 106 Å². The summed E-state index contributed by atoms with van der Waals surface area (Å²) in [5.41, 5.74) is 4.93. The fraction of sp³-hybridized carbons (Fsp3) is 0.241. The molecule has 10 nitrogen and oxygen atoms in total. The first-order valence-corrected chi connectivity index (χ1v) is 21.2. The molecule has 324 valence electrons. The lowest BCUT2D eigenvalue weighted by Gasteiger charge is -2.47. The molecule has 0 spiro atoms. The van der Waals surface area contributed by atoms with Crippen molar-refractivity contribution in [3.05, 3.63) is 215 Å². The predicted molar refractivity (Wildman–Crippen MR) is 252 cm³/mol. The van der Waals surface area contributed by atoms with Gasteiger partial charge in [-0.25, -0.2) is 0 Å². The first-order valence-electron chi connectivity index (χ1n) is 23.7. The summed E-state index contributed by atoms with van der Waals surface area (Å²) in [6.07, 6.45) is 0.983. The lowest BCUT2D eigenvalue weighted by molar-refractivity contribution is -0.121. The normalized spacial score (nSPS) is 17.7. The molecule has 0 radical (unpaired) electrons. The van der Waals surface area contributed by atoms with Crippen LogP contribution in [0, 0.1) is 5.92 Å². The number of aryl methyl sites for hydroxylation is 1. The van der Waals surface area contributed by atoms with Gasteiger partial charge in [0.05, 0.1) is 51.8 Å². The Kier molecular flexibility index (Phi) is 11.5. The molecule has 64 heavy (non-hydrogen) atoms. The molecule has 7 aromatic rings. The molecule has 3 heterocycles. The summed E-state index contributed by atoms with van der Waals surface area (Å²) in [6.45, 7) is 0.594. The number of aliphatic imine (C=N–C) groups is 2. The van der Waals surface area contributed by atoms with Gasteiger partial charge in [-0.05, 0) is 64.6 Å². The molecule has 0 saturated carbocycles. The number of rotatable bonds is 13. The van der Waals surface area contributed by atoms with Crippen LogP contribution >= 0.6 is 0 Å². The van der Waals surface area contributed by atoms with Crippen LogP contribution in [-0.4, -0.2) is 78.8 Å². The van der Waals surface area contributed by atoms with E-state index in [9.17, 15) is 4.79 Å². The Labute approximate surface area is 383 Å². The van der Waals surface area contributed by atoms with Crippen molar-refractivity contribution in [2.75, 3.05) is 40.4 Å². The Bertz CT molecular complexity index is 2750. The fourth-order valence-electron chi connectivity index (χ4n) is 8.92. The average Bonchev–Trinajstić information content (AvgIpc) is 3.91. The van der Waals surface area contributed by atoms with Crippen LogP contribution in [-0.2, 0) is 22.2 Å². The summed E-state index contributed by atoms with van der Waals surface area (Å²) >= 11 is 0. The van der Waals surface area contributed by atoms with Gasteiger partial charge in [-0.1, -0.05) is 158 Å². The number of carbonyl (C=O) groups is 1. The van der Waals surface area contributed by atoms with Gasteiger partial charge in [0.1, 0.15) is 28.4 Å². The summed E-state index contributed by atoms with van der Waals surface area (Å²) in [7, 11) is 3.30. The van der Waals surface area contributed by atoms with E-state index >= 15 is 0 Å². The van der Waals surface area contributed by atoms with Gasteiger partial charge < -0.3 is 23.8 Å². The lowest BCUT2D eigenvalue weighted by atomic mass is 9.75. The highest BCUT2D eigenvalue weighted by molar-refractivity contribution is 5.80. The summed E-state index contributed by atoms with van der Waals surface area (Å²) in [4.78, 5) is 30.0. The van der Waals surface area contributed by atoms with Crippen molar-refractivity contribution in [2.24, 2.45) is 15.9 Å². The van der Waals surface area contributed by atoms with E-state index in [1.54, 1.807) is 21.1 Å². The summed E-state index contributed by atoms with van der Waals surface area (Å²) in [5, 5.41) is 3.70. The number of hydrogen-bond donors (Lipinski definition) is 0. The molecule has 0 aliphatic carbocycles. The van der Waals surface area contributed by atoms with Crippen LogP contribution in [0.15, 0.2) is 184 Å². The number of nitrogens with zero attached hydrogens (tertiary/aromatic N) is 6. The minimum atomic E-state index is -2.94. The van der Waals surface area contributed by atoms with E-state index in [0.717, 1.165) is 44.9 Å². The van der Waals surface area contributed by atoms with Gasteiger partial charge in [0, 0.05) is 26.3 Å². The number of methoxy groups -OCH3 is 2. The van der Waals surface area contributed by atoms with Crippen molar-refractivity contribution < 1.29 is 25.6 Å². The van der Waals surface area contributed by atoms with E-state index < -0.39 is 36.0 Å². The standard InChI is InChI=1S/C28H28N4O2.C26H26N2O2/c1-3-26-30-27(34-31-26)21-18-29-20-32(19-21)28(22-10-6-4-7-11-22,23-12-8-5-9-13-23)24-14-16-25(33-2)17-15-24;1-20(29)21-17-27-19-28(18-21)26(22-9-5-3-6-10-22,23-11-7-4-8-12-23)24-13-15-25(30-2)16-14-24/h4-17,20-21H,3,18-19H2,1-2H3;3-16,19,21H,17-18H2,1-2H3/i1D3,3D2;. The largest absolute Gasteiger partial charge is 0.497 e. The molecule has 0 N–H and O–H groups in total. The van der Waals surface area contributed by atoms with Crippen LogP contribution in [0.3, 0.4) is 0 Å². The first kappa shape index (κ1) is 37.2. The third kappa shape index (κ3) is 8.56. The molecule has 2 unspecified atom stereocenters. The second-order valence-electron chi connectivity index (χ2n) is 15.7. The Hall–Kier alpha value is -7.33. The summed E-state index contributed by atoms with van der Waals surface area (Å²) < 4.78 is 55.0. The van der Waals surface area contributed by atoms with Crippen molar-refractivity contribution in [2.45, 2.75) is 37.1 Å². The highest BCUT2D eigenvalue weighted by Crippen LogP contribution is 2.45. The minimum absolute atomic E-state index is 0.125. The van der Waals surface area contributed by atoms with Gasteiger partial charge in [0.15, 0.2) is 5.82 Å². The number of ether oxygens (including phenoxy) is 2. The van der Waals surface area contributed by atoms with Crippen molar-refractivity contribution in [3.8, 4) is 11.5 Å². The quantitative estimate of drug-likeness (QED) is 0.106. The number of Topliss-reactive ketones (excluding diaryl/α,β-unsaturated/α-hetero) is 1. The molecular formula is C54H54N6O4. The maximum absolute atomic E-state index is 12.2. The van der Waals surface area contributed by atoms with E-state index in [-0.39, 0.29) is 17.6 Å². The molecule has 0 fully saturated rings. The lowest BCUT2D eigenvalue weighted by Crippen LogP contribution is -2.52. The molecule has 0 amide bonds. The summed E-state index contributed by atoms with van der Waals surface area (Å²) in [5.74, 6) is 0.842. The molecule has 1 aromatic heterocycles. The number of hydrogen-bond acceptors (Lipinski definition) is 10. The molecule has 0 saturated heterocycles. The smallest absolute Gasteiger partial charge is 0.233 e. The van der Waals surface area contributed by atoms with Crippen LogP contribution in [0.1, 0.15) is 71.6 Å².